The predicted molar refractivity (Wildman–Crippen MR) is 59.4 cm³/mol. The van der Waals surface area contributed by atoms with Crippen LogP contribution in [0.15, 0.2) is 17.1 Å². The topological polar surface area (TPSA) is 29.4 Å². The van der Waals surface area contributed by atoms with Gasteiger partial charge in [-0.25, -0.2) is 13.6 Å². The molecule has 1 fully saturated rings. The highest BCUT2D eigenvalue weighted by Crippen LogP contribution is 2.43. The number of benzene rings is 1. The third-order valence-electron chi connectivity index (χ3n) is 3.44. The first kappa shape index (κ1) is 11.9. The third kappa shape index (κ3) is 2.01. The van der Waals surface area contributed by atoms with Gasteiger partial charge in [-0.3, -0.25) is 0 Å². The minimum absolute atomic E-state index is 0.317. The number of hydrogen-bond donors (Lipinski definition) is 0. The molecule has 1 saturated carbocycles. The highest BCUT2D eigenvalue weighted by Gasteiger charge is 2.38. The van der Waals surface area contributed by atoms with Crippen LogP contribution in [0.25, 0.3) is 0 Å². The predicted octanol–water partition coefficient (Wildman–Crippen LogP) is 3.38. The van der Waals surface area contributed by atoms with Gasteiger partial charge in [-0.15, -0.1) is 0 Å². The second-order valence-electron chi connectivity index (χ2n) is 4.52. The monoisotopic (exact) mass is 237 g/mol. The fourth-order valence-corrected chi connectivity index (χ4v) is 2.50. The van der Waals surface area contributed by atoms with E-state index in [1.807, 2.05) is 0 Å². The number of isocyanates is 1. The second-order valence-corrected chi connectivity index (χ2v) is 4.52. The van der Waals surface area contributed by atoms with E-state index in [1.165, 1.54) is 12.1 Å². The Kier molecular flexibility index (Phi) is 3.07. The maximum absolute atomic E-state index is 13.8. The summed E-state index contributed by atoms with van der Waals surface area (Å²) in [5.74, 6) is -1.21. The minimum Gasteiger partial charge on any atom is -0.211 e. The van der Waals surface area contributed by atoms with E-state index in [9.17, 15) is 13.6 Å². The molecule has 0 saturated heterocycles. The Morgan fingerprint density at radius 2 is 1.88 bits per heavy atom. The maximum Gasteiger partial charge on any atom is 0.235 e. The van der Waals surface area contributed by atoms with Crippen molar-refractivity contribution in [2.45, 2.75) is 38.1 Å². The van der Waals surface area contributed by atoms with Crippen molar-refractivity contribution in [2.75, 3.05) is 0 Å². The summed E-state index contributed by atoms with van der Waals surface area (Å²) in [6.07, 6.45) is 4.54. The zero-order valence-electron chi connectivity index (χ0n) is 9.59. The molecule has 1 aliphatic rings. The van der Waals surface area contributed by atoms with Crippen LogP contribution < -0.4 is 0 Å². The Morgan fingerprint density at radius 3 is 2.47 bits per heavy atom. The molecule has 0 N–H and O–H groups in total. The van der Waals surface area contributed by atoms with E-state index < -0.39 is 17.2 Å². The van der Waals surface area contributed by atoms with Crippen LogP contribution in [0.3, 0.4) is 0 Å². The first-order valence-corrected chi connectivity index (χ1v) is 5.64. The number of hydrogen-bond acceptors (Lipinski definition) is 2. The number of halogens is 2. The highest BCUT2D eigenvalue weighted by molar-refractivity contribution is 5.40. The van der Waals surface area contributed by atoms with Crippen molar-refractivity contribution >= 4 is 6.08 Å². The Balaban J connectivity index is 2.57. The molecule has 1 aromatic rings. The summed E-state index contributed by atoms with van der Waals surface area (Å²) >= 11 is 0. The molecule has 0 aromatic heterocycles. The summed E-state index contributed by atoms with van der Waals surface area (Å²) in [4.78, 5) is 14.3. The zero-order chi connectivity index (χ0) is 12.5. The van der Waals surface area contributed by atoms with Crippen molar-refractivity contribution in [3.63, 3.8) is 0 Å². The summed E-state index contributed by atoms with van der Waals surface area (Å²) in [7, 11) is 0. The normalized spacial score (nSPS) is 17.8. The summed E-state index contributed by atoms with van der Waals surface area (Å²) in [5.41, 5.74) is -0.143. The second kappa shape index (κ2) is 4.38. The number of rotatable bonds is 2. The Bertz CT molecular complexity index is 486. The standard InChI is InChI=1S/C13H13F2NO/c1-9-6-10(12(15)7-11(9)14)13(16-8-17)4-2-3-5-13/h6-7H,2-5H2,1H3. The number of aryl methyl sites for hydroxylation is 1. The quantitative estimate of drug-likeness (QED) is 0.572. The van der Waals surface area contributed by atoms with Crippen molar-refractivity contribution < 1.29 is 13.6 Å². The number of aliphatic imine (C=N–C) groups is 1. The van der Waals surface area contributed by atoms with Crippen LogP contribution in [0.4, 0.5) is 8.78 Å². The van der Waals surface area contributed by atoms with Crippen LogP contribution in [-0.2, 0) is 10.3 Å². The van der Waals surface area contributed by atoms with E-state index in [2.05, 4.69) is 4.99 Å². The lowest BCUT2D eigenvalue weighted by atomic mass is 9.87. The molecule has 0 unspecified atom stereocenters. The van der Waals surface area contributed by atoms with Gasteiger partial charge in [0, 0.05) is 11.6 Å². The van der Waals surface area contributed by atoms with Crippen LogP contribution in [0.5, 0.6) is 0 Å². The van der Waals surface area contributed by atoms with E-state index in [4.69, 9.17) is 0 Å². The van der Waals surface area contributed by atoms with E-state index >= 15 is 0 Å². The maximum atomic E-state index is 13.8. The molecule has 0 heterocycles. The molecular formula is C13H13F2NO. The molecule has 2 rings (SSSR count). The van der Waals surface area contributed by atoms with Crippen LogP contribution >= 0.6 is 0 Å². The van der Waals surface area contributed by atoms with E-state index in [0.717, 1.165) is 18.9 Å². The third-order valence-corrected chi connectivity index (χ3v) is 3.44. The molecule has 2 nitrogen and oxygen atoms in total. The number of carbonyl (C=O) groups excluding carboxylic acids is 1. The van der Waals surface area contributed by atoms with Gasteiger partial charge in [-0.1, -0.05) is 12.8 Å². The molecule has 0 aliphatic heterocycles. The minimum atomic E-state index is -0.829. The van der Waals surface area contributed by atoms with Gasteiger partial charge in [0.2, 0.25) is 6.08 Å². The highest BCUT2D eigenvalue weighted by atomic mass is 19.1. The Morgan fingerprint density at radius 1 is 1.24 bits per heavy atom. The van der Waals surface area contributed by atoms with Crippen molar-refractivity contribution in [1.82, 2.24) is 0 Å². The first-order chi connectivity index (χ1) is 8.09. The Hall–Kier alpha value is -1.54. The Labute approximate surface area is 98.4 Å². The molecular weight excluding hydrogens is 224 g/mol. The van der Waals surface area contributed by atoms with Crippen LogP contribution in [-0.4, -0.2) is 6.08 Å². The molecule has 90 valence electrons. The molecule has 0 radical (unpaired) electrons. The molecule has 0 atom stereocenters. The van der Waals surface area contributed by atoms with Crippen molar-refractivity contribution in [3.8, 4) is 0 Å². The van der Waals surface area contributed by atoms with Gasteiger partial charge in [0.05, 0.1) is 0 Å². The SMILES string of the molecule is Cc1cc(C2(N=C=O)CCCC2)c(F)cc1F. The van der Waals surface area contributed by atoms with E-state index in [0.29, 0.717) is 24.0 Å². The molecule has 4 heteroatoms. The molecule has 17 heavy (non-hydrogen) atoms. The lowest BCUT2D eigenvalue weighted by Gasteiger charge is -2.23. The van der Waals surface area contributed by atoms with Gasteiger partial charge in [0.25, 0.3) is 0 Å². The lowest BCUT2D eigenvalue weighted by molar-refractivity contribution is 0.427. The molecule has 0 amide bonds. The van der Waals surface area contributed by atoms with Crippen molar-refractivity contribution in [2.24, 2.45) is 4.99 Å². The number of nitrogens with zero attached hydrogens (tertiary/aromatic N) is 1. The summed E-state index contributed by atoms with van der Waals surface area (Å²) < 4.78 is 27.0. The molecule has 1 aromatic carbocycles. The summed E-state index contributed by atoms with van der Waals surface area (Å²) in [6, 6.07) is 2.32. The van der Waals surface area contributed by atoms with Crippen LogP contribution in [0.1, 0.15) is 36.8 Å². The molecule has 1 aliphatic carbocycles. The van der Waals surface area contributed by atoms with Crippen molar-refractivity contribution in [1.29, 1.82) is 0 Å². The lowest BCUT2D eigenvalue weighted by Crippen LogP contribution is -2.21. The van der Waals surface area contributed by atoms with E-state index in [-0.39, 0.29) is 0 Å². The largest absolute Gasteiger partial charge is 0.235 e. The fraction of sp³-hybridized carbons (Fsp3) is 0.462. The smallest absolute Gasteiger partial charge is 0.211 e. The van der Waals surface area contributed by atoms with Crippen molar-refractivity contribution in [3.05, 3.63) is 34.9 Å². The average molecular weight is 237 g/mol. The first-order valence-electron chi connectivity index (χ1n) is 5.64. The van der Waals surface area contributed by atoms with Crippen LogP contribution in [0, 0.1) is 18.6 Å². The van der Waals surface area contributed by atoms with E-state index in [1.54, 1.807) is 6.92 Å². The van der Waals surface area contributed by atoms with Gasteiger partial charge in [0.15, 0.2) is 0 Å². The molecule has 0 spiro atoms. The average Bonchev–Trinajstić information content (AvgIpc) is 2.73. The summed E-state index contributed by atoms with van der Waals surface area (Å²) in [5, 5.41) is 0. The fourth-order valence-electron chi connectivity index (χ4n) is 2.50. The van der Waals surface area contributed by atoms with Gasteiger partial charge >= 0.3 is 0 Å². The van der Waals surface area contributed by atoms with Gasteiger partial charge in [-0.05, 0) is 31.4 Å². The molecule has 0 bridgehead atoms. The van der Waals surface area contributed by atoms with Gasteiger partial charge in [0.1, 0.15) is 17.2 Å². The van der Waals surface area contributed by atoms with Gasteiger partial charge < -0.3 is 0 Å². The van der Waals surface area contributed by atoms with Gasteiger partial charge in [-0.2, -0.15) is 4.99 Å². The summed E-state index contributed by atoms with van der Waals surface area (Å²) in [6.45, 7) is 1.57. The zero-order valence-corrected chi connectivity index (χ0v) is 9.59. The van der Waals surface area contributed by atoms with Crippen LogP contribution in [0.2, 0.25) is 0 Å².